The first-order valence-corrected chi connectivity index (χ1v) is 6.27. The highest BCUT2D eigenvalue weighted by atomic mass is 16.1. The summed E-state index contributed by atoms with van der Waals surface area (Å²) < 4.78 is 0. The van der Waals surface area contributed by atoms with Crippen LogP contribution >= 0.6 is 0 Å². The Morgan fingerprint density at radius 1 is 0.947 bits per heavy atom. The molecule has 0 aliphatic carbocycles. The fourth-order valence-corrected chi connectivity index (χ4v) is 2.00. The van der Waals surface area contributed by atoms with Gasteiger partial charge in [-0.1, -0.05) is 54.6 Å². The number of carbonyl (C=O) groups excluding carboxylic acids is 1. The van der Waals surface area contributed by atoms with Gasteiger partial charge in [0.05, 0.1) is 0 Å². The number of allylic oxidation sites excluding steroid dienone is 1. The van der Waals surface area contributed by atoms with Crippen molar-refractivity contribution in [3.63, 3.8) is 0 Å². The van der Waals surface area contributed by atoms with Gasteiger partial charge >= 0.3 is 0 Å². The molecule has 0 fully saturated rings. The van der Waals surface area contributed by atoms with Gasteiger partial charge in [0.2, 0.25) is 5.91 Å². The molecule has 0 aliphatic rings. The molecule has 1 N–H and O–H groups in total. The van der Waals surface area contributed by atoms with Crippen LogP contribution in [0.3, 0.4) is 0 Å². The standard InChI is InChI=1S/C17H17NO/c1-13(12-15-8-4-3-5-9-15)16-10-6-7-11-17(16)18-14(2)19/h3-12H,1-2H3,(H,18,19)/b13-12+. The minimum absolute atomic E-state index is 0.0556. The Labute approximate surface area is 113 Å². The highest BCUT2D eigenvalue weighted by molar-refractivity contribution is 5.94. The number of hydrogen-bond acceptors (Lipinski definition) is 1. The highest BCUT2D eigenvalue weighted by Gasteiger charge is 2.04. The smallest absolute Gasteiger partial charge is 0.221 e. The molecule has 0 bridgehead atoms. The molecule has 2 aromatic rings. The van der Waals surface area contributed by atoms with E-state index in [-0.39, 0.29) is 5.91 Å². The summed E-state index contributed by atoms with van der Waals surface area (Å²) in [6.45, 7) is 3.57. The molecule has 0 radical (unpaired) electrons. The van der Waals surface area contributed by atoms with Crippen LogP contribution in [0.1, 0.15) is 25.0 Å². The summed E-state index contributed by atoms with van der Waals surface area (Å²) >= 11 is 0. The summed E-state index contributed by atoms with van der Waals surface area (Å²) in [7, 11) is 0. The monoisotopic (exact) mass is 251 g/mol. The van der Waals surface area contributed by atoms with E-state index in [1.807, 2.05) is 49.4 Å². The zero-order valence-corrected chi connectivity index (χ0v) is 11.2. The number of amides is 1. The van der Waals surface area contributed by atoms with Crippen LogP contribution in [0.2, 0.25) is 0 Å². The summed E-state index contributed by atoms with van der Waals surface area (Å²) in [5, 5.41) is 2.86. The maximum Gasteiger partial charge on any atom is 0.221 e. The number of benzene rings is 2. The Bertz CT molecular complexity index is 600. The molecule has 2 aromatic carbocycles. The van der Waals surface area contributed by atoms with Crippen molar-refractivity contribution in [2.75, 3.05) is 5.32 Å². The molecule has 0 atom stereocenters. The van der Waals surface area contributed by atoms with Gasteiger partial charge in [-0.3, -0.25) is 4.79 Å². The third-order valence-corrected chi connectivity index (χ3v) is 2.85. The first-order valence-electron chi connectivity index (χ1n) is 6.27. The Morgan fingerprint density at radius 3 is 2.26 bits per heavy atom. The predicted octanol–water partition coefficient (Wildman–Crippen LogP) is 4.21. The molecular formula is C17H17NO. The van der Waals surface area contributed by atoms with Crippen LogP contribution in [-0.2, 0) is 4.79 Å². The average Bonchev–Trinajstić information content (AvgIpc) is 2.39. The van der Waals surface area contributed by atoms with Gasteiger partial charge in [-0.15, -0.1) is 0 Å². The third-order valence-electron chi connectivity index (χ3n) is 2.85. The second-order valence-electron chi connectivity index (χ2n) is 4.46. The van der Waals surface area contributed by atoms with Crippen molar-refractivity contribution in [2.45, 2.75) is 13.8 Å². The van der Waals surface area contributed by atoms with Crippen molar-refractivity contribution in [3.8, 4) is 0 Å². The second kappa shape index (κ2) is 6.01. The van der Waals surface area contributed by atoms with Crippen molar-refractivity contribution >= 4 is 23.2 Å². The van der Waals surface area contributed by atoms with E-state index in [4.69, 9.17) is 0 Å². The van der Waals surface area contributed by atoms with Crippen LogP contribution in [0.15, 0.2) is 54.6 Å². The Hall–Kier alpha value is -2.35. The topological polar surface area (TPSA) is 29.1 Å². The van der Waals surface area contributed by atoms with Gasteiger partial charge in [0.15, 0.2) is 0 Å². The first-order chi connectivity index (χ1) is 9.16. The van der Waals surface area contributed by atoms with E-state index in [0.29, 0.717) is 0 Å². The molecular weight excluding hydrogens is 234 g/mol. The van der Waals surface area contributed by atoms with Crippen LogP contribution < -0.4 is 5.32 Å². The highest BCUT2D eigenvalue weighted by Crippen LogP contribution is 2.25. The SMILES string of the molecule is CC(=O)Nc1ccccc1/C(C)=C/c1ccccc1. The average molecular weight is 251 g/mol. The lowest BCUT2D eigenvalue weighted by Gasteiger charge is -2.10. The van der Waals surface area contributed by atoms with E-state index in [1.54, 1.807) is 0 Å². The van der Waals surface area contributed by atoms with E-state index in [1.165, 1.54) is 6.92 Å². The summed E-state index contributed by atoms with van der Waals surface area (Å²) in [6.07, 6.45) is 2.11. The maximum atomic E-state index is 11.2. The van der Waals surface area contributed by atoms with E-state index in [2.05, 4.69) is 23.5 Å². The van der Waals surface area contributed by atoms with Crippen molar-refractivity contribution < 1.29 is 4.79 Å². The summed E-state index contributed by atoms with van der Waals surface area (Å²) in [4.78, 5) is 11.2. The maximum absolute atomic E-state index is 11.2. The minimum atomic E-state index is -0.0556. The number of carbonyl (C=O) groups is 1. The Kier molecular flexibility index (Phi) is 4.14. The molecule has 0 heterocycles. The molecule has 2 heteroatoms. The minimum Gasteiger partial charge on any atom is -0.326 e. The van der Waals surface area contributed by atoms with Gasteiger partial charge in [0.1, 0.15) is 0 Å². The lowest BCUT2D eigenvalue weighted by atomic mass is 10.0. The number of para-hydroxylation sites is 1. The van der Waals surface area contributed by atoms with Crippen molar-refractivity contribution in [1.82, 2.24) is 0 Å². The van der Waals surface area contributed by atoms with Gasteiger partial charge in [-0.05, 0) is 24.1 Å². The number of rotatable bonds is 3. The van der Waals surface area contributed by atoms with Crippen molar-refractivity contribution in [3.05, 3.63) is 65.7 Å². The quantitative estimate of drug-likeness (QED) is 0.814. The number of hydrogen-bond donors (Lipinski definition) is 1. The lowest BCUT2D eigenvalue weighted by Crippen LogP contribution is -2.07. The normalized spacial score (nSPS) is 11.2. The van der Waals surface area contributed by atoms with Crippen molar-refractivity contribution in [2.24, 2.45) is 0 Å². The zero-order chi connectivity index (χ0) is 13.7. The van der Waals surface area contributed by atoms with Gasteiger partial charge < -0.3 is 5.32 Å². The summed E-state index contributed by atoms with van der Waals surface area (Å²) in [6, 6.07) is 18.0. The van der Waals surface area contributed by atoms with Crippen LogP contribution in [-0.4, -0.2) is 5.91 Å². The van der Waals surface area contributed by atoms with Gasteiger partial charge in [-0.25, -0.2) is 0 Å². The molecule has 2 rings (SSSR count). The molecule has 2 nitrogen and oxygen atoms in total. The van der Waals surface area contributed by atoms with Gasteiger partial charge in [-0.2, -0.15) is 0 Å². The molecule has 0 saturated carbocycles. The molecule has 96 valence electrons. The predicted molar refractivity (Wildman–Crippen MR) is 80.7 cm³/mol. The first kappa shape index (κ1) is 13.1. The molecule has 0 aliphatic heterocycles. The number of nitrogens with one attached hydrogen (secondary N) is 1. The third kappa shape index (κ3) is 3.55. The molecule has 0 spiro atoms. The zero-order valence-electron chi connectivity index (χ0n) is 11.2. The van der Waals surface area contributed by atoms with E-state index in [9.17, 15) is 4.79 Å². The fourth-order valence-electron chi connectivity index (χ4n) is 2.00. The van der Waals surface area contributed by atoms with E-state index in [0.717, 1.165) is 22.4 Å². The second-order valence-corrected chi connectivity index (χ2v) is 4.46. The van der Waals surface area contributed by atoms with Gasteiger partial charge in [0.25, 0.3) is 0 Å². The Morgan fingerprint density at radius 2 is 1.58 bits per heavy atom. The lowest BCUT2D eigenvalue weighted by molar-refractivity contribution is -0.114. The Balaban J connectivity index is 2.36. The van der Waals surface area contributed by atoms with Crippen LogP contribution in [0.4, 0.5) is 5.69 Å². The number of anilines is 1. The van der Waals surface area contributed by atoms with Crippen LogP contribution in [0, 0.1) is 0 Å². The molecule has 0 aromatic heterocycles. The van der Waals surface area contributed by atoms with Crippen LogP contribution in [0.25, 0.3) is 11.6 Å². The van der Waals surface area contributed by atoms with E-state index >= 15 is 0 Å². The largest absolute Gasteiger partial charge is 0.326 e. The fraction of sp³-hybridized carbons (Fsp3) is 0.118. The summed E-state index contributed by atoms with van der Waals surface area (Å²) in [5.74, 6) is -0.0556. The van der Waals surface area contributed by atoms with Crippen molar-refractivity contribution in [1.29, 1.82) is 0 Å². The van der Waals surface area contributed by atoms with E-state index < -0.39 is 0 Å². The summed E-state index contributed by atoms with van der Waals surface area (Å²) in [5.41, 5.74) is 4.16. The van der Waals surface area contributed by atoms with Gasteiger partial charge in [0, 0.05) is 18.2 Å². The van der Waals surface area contributed by atoms with Crippen LogP contribution in [0.5, 0.6) is 0 Å². The molecule has 0 unspecified atom stereocenters. The molecule has 19 heavy (non-hydrogen) atoms. The molecule has 1 amide bonds. The molecule has 0 saturated heterocycles.